The first-order chi connectivity index (χ1) is 10.3. The van der Waals surface area contributed by atoms with E-state index in [0.29, 0.717) is 6.42 Å². The van der Waals surface area contributed by atoms with Gasteiger partial charge in [0.2, 0.25) is 0 Å². The third-order valence-electron chi connectivity index (χ3n) is 6.22. The fourth-order valence-corrected chi connectivity index (χ4v) is 4.90. The fraction of sp³-hybridized carbons (Fsp3) is 0.778. The molecule has 0 spiro atoms. The maximum absolute atomic E-state index is 13.1. The fourth-order valence-electron chi connectivity index (χ4n) is 3.51. The number of allylic oxidation sites excluding steroid dienone is 1. The van der Waals surface area contributed by atoms with Gasteiger partial charge in [-0.3, -0.25) is 4.79 Å². The van der Waals surface area contributed by atoms with Gasteiger partial charge in [0.05, 0.1) is 12.7 Å². The highest BCUT2D eigenvalue weighted by atomic mass is 28.4. The Morgan fingerprint density at radius 3 is 2.43 bits per heavy atom. The smallest absolute Gasteiger partial charge is 0.192 e. The van der Waals surface area contributed by atoms with Gasteiger partial charge in [0.1, 0.15) is 17.3 Å². The van der Waals surface area contributed by atoms with E-state index in [2.05, 4.69) is 40.4 Å². The molecule has 5 heteroatoms. The molecule has 1 aliphatic carbocycles. The van der Waals surface area contributed by atoms with Crippen molar-refractivity contribution in [2.75, 3.05) is 6.61 Å². The van der Waals surface area contributed by atoms with Gasteiger partial charge in [-0.1, -0.05) is 32.9 Å². The van der Waals surface area contributed by atoms with Crippen LogP contribution >= 0.6 is 0 Å². The summed E-state index contributed by atoms with van der Waals surface area (Å²) >= 11 is 0. The lowest BCUT2D eigenvalue weighted by atomic mass is 9.61. The van der Waals surface area contributed by atoms with Crippen molar-refractivity contribution in [2.45, 2.75) is 70.9 Å². The van der Waals surface area contributed by atoms with E-state index in [-0.39, 0.29) is 29.5 Å². The van der Waals surface area contributed by atoms with Crippen LogP contribution in [0.15, 0.2) is 12.2 Å². The Morgan fingerprint density at radius 1 is 1.43 bits per heavy atom. The second-order valence-corrected chi connectivity index (χ2v) is 13.6. The van der Waals surface area contributed by atoms with Crippen LogP contribution in [0.2, 0.25) is 18.1 Å². The van der Waals surface area contributed by atoms with Crippen LogP contribution in [0.4, 0.5) is 0 Å². The van der Waals surface area contributed by atoms with Crippen molar-refractivity contribution in [3.63, 3.8) is 0 Å². The number of hydrogen-bond acceptors (Lipinski definition) is 4. The summed E-state index contributed by atoms with van der Waals surface area (Å²) in [7, 11) is -2.06. The molecule has 0 aromatic carbocycles. The molecule has 4 nitrogen and oxygen atoms in total. The molecule has 2 rings (SSSR count). The van der Waals surface area contributed by atoms with Crippen molar-refractivity contribution in [3.05, 3.63) is 12.2 Å². The third-order valence-corrected chi connectivity index (χ3v) is 10.7. The van der Waals surface area contributed by atoms with Crippen molar-refractivity contribution in [1.82, 2.24) is 0 Å². The van der Waals surface area contributed by atoms with Gasteiger partial charge >= 0.3 is 0 Å². The highest BCUT2D eigenvalue weighted by Crippen LogP contribution is 2.53. The summed E-state index contributed by atoms with van der Waals surface area (Å²) in [5.41, 5.74) is -1.25. The van der Waals surface area contributed by atoms with E-state index in [9.17, 15) is 9.59 Å². The van der Waals surface area contributed by atoms with Gasteiger partial charge in [0.25, 0.3) is 0 Å². The molecule has 2 fully saturated rings. The van der Waals surface area contributed by atoms with Crippen molar-refractivity contribution >= 4 is 20.4 Å². The number of hydrogen-bond donors (Lipinski definition) is 0. The molecule has 0 aromatic heterocycles. The van der Waals surface area contributed by atoms with Crippen LogP contribution in [0.25, 0.3) is 0 Å². The summed E-state index contributed by atoms with van der Waals surface area (Å²) in [6.45, 7) is 18.7. The van der Waals surface area contributed by atoms with Gasteiger partial charge in [-0.2, -0.15) is 0 Å². The van der Waals surface area contributed by atoms with Gasteiger partial charge in [0, 0.05) is 5.92 Å². The van der Waals surface area contributed by atoms with Crippen LogP contribution in [-0.4, -0.2) is 38.7 Å². The number of ether oxygens (including phenoxy) is 1. The van der Waals surface area contributed by atoms with Gasteiger partial charge < -0.3 is 14.0 Å². The van der Waals surface area contributed by atoms with E-state index in [1.165, 1.54) is 0 Å². The van der Waals surface area contributed by atoms with E-state index < -0.39 is 19.3 Å². The second-order valence-electron chi connectivity index (χ2n) is 8.88. The zero-order valence-corrected chi connectivity index (χ0v) is 16.5. The SMILES string of the molecule is C=C(C)[C@H]1C[C@H](O[Si](C)(C)C(C)(C)C)[C@@]2(C)OC[C@@]1(C=O)C2=O. The summed E-state index contributed by atoms with van der Waals surface area (Å²) in [5.74, 6) is -0.346. The molecular formula is C18H30O4Si. The van der Waals surface area contributed by atoms with Crippen LogP contribution in [-0.2, 0) is 18.8 Å². The summed E-state index contributed by atoms with van der Waals surface area (Å²) in [6, 6.07) is 0. The first-order valence-electron chi connectivity index (χ1n) is 8.30. The average Bonchev–Trinajstić information content (AvgIpc) is 2.60. The van der Waals surface area contributed by atoms with Crippen LogP contribution < -0.4 is 0 Å². The van der Waals surface area contributed by atoms with Crippen molar-refractivity contribution in [3.8, 4) is 0 Å². The molecule has 0 aromatic rings. The molecule has 23 heavy (non-hydrogen) atoms. The quantitative estimate of drug-likeness (QED) is 0.341. The Balaban J connectivity index is 2.42. The Bertz CT molecular complexity index is 548. The molecule has 0 N–H and O–H groups in total. The molecule has 2 aliphatic rings. The molecule has 4 atom stereocenters. The molecule has 1 heterocycles. The summed E-state index contributed by atoms with van der Waals surface area (Å²) < 4.78 is 12.5. The maximum Gasteiger partial charge on any atom is 0.192 e. The zero-order valence-electron chi connectivity index (χ0n) is 15.5. The number of rotatable bonds is 4. The molecule has 0 radical (unpaired) electrons. The first kappa shape index (κ1) is 18.6. The first-order valence-corrected chi connectivity index (χ1v) is 11.2. The Morgan fingerprint density at radius 2 is 2.00 bits per heavy atom. The Hall–Kier alpha value is -0.783. The van der Waals surface area contributed by atoms with Crippen LogP contribution in [0.3, 0.4) is 0 Å². The lowest BCUT2D eigenvalue weighted by Gasteiger charge is -2.47. The molecule has 1 saturated carbocycles. The van der Waals surface area contributed by atoms with Crippen molar-refractivity contribution in [2.24, 2.45) is 11.3 Å². The minimum atomic E-state index is -2.06. The molecule has 0 amide bonds. The van der Waals surface area contributed by atoms with Crippen molar-refractivity contribution in [1.29, 1.82) is 0 Å². The molecule has 0 unspecified atom stereocenters. The predicted molar refractivity (Wildman–Crippen MR) is 92.9 cm³/mol. The van der Waals surface area contributed by atoms with Crippen LogP contribution in [0.1, 0.15) is 41.0 Å². The number of fused-ring (bicyclic) bond motifs is 2. The number of carbonyl (C=O) groups is 2. The van der Waals surface area contributed by atoms with E-state index >= 15 is 0 Å². The van der Waals surface area contributed by atoms with E-state index in [1.807, 2.05) is 6.92 Å². The minimum absolute atomic E-state index is 0.0446. The number of carbonyl (C=O) groups excluding carboxylic acids is 2. The van der Waals surface area contributed by atoms with Gasteiger partial charge in [-0.05, 0) is 38.4 Å². The normalized spacial score (nSPS) is 37.8. The zero-order chi connectivity index (χ0) is 17.8. The summed E-state index contributed by atoms with van der Waals surface area (Å²) in [6.07, 6.45) is 1.07. The Kier molecular flexibility index (Phi) is 4.33. The van der Waals surface area contributed by atoms with Crippen LogP contribution in [0.5, 0.6) is 0 Å². The van der Waals surface area contributed by atoms with Crippen molar-refractivity contribution < 1.29 is 18.8 Å². The number of ketones is 1. The Labute approximate surface area is 140 Å². The highest BCUT2D eigenvalue weighted by molar-refractivity contribution is 6.74. The number of Topliss-reactive ketones (excluding diaryl/α,β-unsaturated/α-hetero) is 1. The third kappa shape index (κ3) is 2.57. The van der Waals surface area contributed by atoms with Gasteiger partial charge in [-0.25, -0.2) is 0 Å². The van der Waals surface area contributed by atoms with Gasteiger partial charge in [-0.15, -0.1) is 0 Å². The second kappa shape index (κ2) is 5.36. The van der Waals surface area contributed by atoms with E-state index in [1.54, 1.807) is 6.92 Å². The number of aldehydes is 1. The molecule has 2 bridgehead atoms. The lowest BCUT2D eigenvalue weighted by Crippen LogP contribution is -2.61. The van der Waals surface area contributed by atoms with E-state index in [4.69, 9.17) is 9.16 Å². The molecule has 130 valence electrons. The topological polar surface area (TPSA) is 52.6 Å². The summed E-state index contributed by atoms with van der Waals surface area (Å²) in [5, 5.41) is 0.0446. The molecular weight excluding hydrogens is 308 g/mol. The van der Waals surface area contributed by atoms with Gasteiger partial charge in [0.15, 0.2) is 14.1 Å². The van der Waals surface area contributed by atoms with Crippen LogP contribution in [0, 0.1) is 11.3 Å². The molecule has 1 aliphatic heterocycles. The highest BCUT2D eigenvalue weighted by Gasteiger charge is 2.67. The maximum atomic E-state index is 13.1. The van der Waals surface area contributed by atoms with E-state index in [0.717, 1.165) is 11.9 Å². The predicted octanol–water partition coefficient (Wildman–Crippen LogP) is 3.52. The standard InChI is InChI=1S/C18H30O4Si/c1-12(2)13-9-14(22-23(7,8)16(3,4)5)17(6)15(20)18(13,10-19)11-21-17/h10,13-14H,1,9,11H2,2-8H3/t13-,14+,17-,18-/m1/s1. The lowest BCUT2D eigenvalue weighted by molar-refractivity contribution is -0.152. The average molecular weight is 339 g/mol. The summed E-state index contributed by atoms with van der Waals surface area (Å²) in [4.78, 5) is 24.8. The largest absolute Gasteiger partial charge is 0.411 e. The monoisotopic (exact) mass is 338 g/mol. The molecule has 1 saturated heterocycles. The minimum Gasteiger partial charge on any atom is -0.411 e.